The minimum absolute atomic E-state index is 0.124. The summed E-state index contributed by atoms with van der Waals surface area (Å²) >= 11 is 0. The molecule has 0 heterocycles. The van der Waals surface area contributed by atoms with Gasteiger partial charge in [-0.1, -0.05) is 12.1 Å². The third-order valence-corrected chi connectivity index (χ3v) is 5.94. The van der Waals surface area contributed by atoms with Crippen molar-refractivity contribution in [3.05, 3.63) is 29.8 Å². The van der Waals surface area contributed by atoms with Crippen LogP contribution in [0, 0.1) is 0 Å². The van der Waals surface area contributed by atoms with E-state index in [1.807, 2.05) is 13.8 Å². The maximum absolute atomic E-state index is 12.9. The summed E-state index contributed by atoms with van der Waals surface area (Å²) < 4.78 is 35.0. The van der Waals surface area contributed by atoms with Gasteiger partial charge in [-0.3, -0.25) is 9.59 Å². The van der Waals surface area contributed by atoms with Crippen LogP contribution in [0.3, 0.4) is 0 Å². The lowest BCUT2D eigenvalue weighted by Crippen LogP contribution is -2.50. The first-order chi connectivity index (χ1) is 14.5. The highest BCUT2D eigenvalue weighted by molar-refractivity contribution is 7.88. The van der Waals surface area contributed by atoms with Crippen LogP contribution in [0.1, 0.15) is 32.8 Å². The molecule has 0 fully saturated rings. The van der Waals surface area contributed by atoms with Gasteiger partial charge in [-0.2, -0.15) is 4.31 Å². The van der Waals surface area contributed by atoms with Crippen molar-refractivity contribution in [2.24, 2.45) is 0 Å². The molecule has 0 aromatic heterocycles. The number of nitrogens with zero attached hydrogens (tertiary/aromatic N) is 2. The number of likely N-dealkylation sites (N-methyl/N-ethyl adjacent to an activating group) is 1. The molecule has 0 aliphatic heterocycles. The normalized spacial score (nSPS) is 12.6. The largest absolute Gasteiger partial charge is 0.497 e. The van der Waals surface area contributed by atoms with E-state index < -0.39 is 22.0 Å². The Kier molecular flexibility index (Phi) is 10.9. The second-order valence-electron chi connectivity index (χ2n) is 7.63. The minimum atomic E-state index is -3.53. The summed E-state index contributed by atoms with van der Waals surface area (Å²) in [5.74, 6) is -0.101. The topological polar surface area (TPSA) is 105 Å². The third kappa shape index (κ3) is 9.67. The molecule has 31 heavy (non-hydrogen) atoms. The number of hydrogen-bond acceptors (Lipinski definition) is 6. The fraction of sp³-hybridized carbons (Fsp3) is 0.619. The number of carbonyl (C=O) groups excluding carboxylic acids is 2. The van der Waals surface area contributed by atoms with Crippen LogP contribution in [-0.2, 0) is 30.9 Å². The lowest BCUT2D eigenvalue weighted by atomic mass is 10.1. The maximum atomic E-state index is 12.9. The quantitative estimate of drug-likeness (QED) is 0.447. The molecule has 0 unspecified atom stereocenters. The number of benzene rings is 1. The van der Waals surface area contributed by atoms with E-state index in [4.69, 9.17) is 9.47 Å². The first-order valence-electron chi connectivity index (χ1n) is 10.2. The number of rotatable bonds is 13. The van der Waals surface area contributed by atoms with Crippen molar-refractivity contribution in [1.29, 1.82) is 0 Å². The van der Waals surface area contributed by atoms with Crippen LogP contribution in [0.15, 0.2) is 24.3 Å². The Morgan fingerprint density at radius 2 is 1.74 bits per heavy atom. The van der Waals surface area contributed by atoms with E-state index in [9.17, 15) is 18.0 Å². The van der Waals surface area contributed by atoms with Gasteiger partial charge >= 0.3 is 0 Å². The van der Waals surface area contributed by atoms with Crippen molar-refractivity contribution in [3.63, 3.8) is 0 Å². The van der Waals surface area contributed by atoms with E-state index in [1.54, 1.807) is 38.3 Å². The number of sulfonamides is 1. The van der Waals surface area contributed by atoms with E-state index in [0.29, 0.717) is 25.3 Å². The number of amides is 2. The monoisotopic (exact) mass is 457 g/mol. The van der Waals surface area contributed by atoms with Gasteiger partial charge in [0.15, 0.2) is 0 Å². The summed E-state index contributed by atoms with van der Waals surface area (Å²) in [5, 5.41) is 2.81. The van der Waals surface area contributed by atoms with Gasteiger partial charge in [-0.25, -0.2) is 8.42 Å². The summed E-state index contributed by atoms with van der Waals surface area (Å²) in [6.07, 6.45) is 1.81. The van der Waals surface area contributed by atoms with Gasteiger partial charge in [-0.15, -0.1) is 0 Å². The smallest absolute Gasteiger partial charge is 0.242 e. The van der Waals surface area contributed by atoms with Crippen LogP contribution in [0.25, 0.3) is 0 Å². The molecule has 0 aliphatic carbocycles. The summed E-state index contributed by atoms with van der Waals surface area (Å²) in [7, 11) is -0.640. The maximum Gasteiger partial charge on any atom is 0.242 e. The van der Waals surface area contributed by atoms with Crippen LogP contribution < -0.4 is 10.1 Å². The van der Waals surface area contributed by atoms with E-state index in [1.165, 1.54) is 11.9 Å². The van der Waals surface area contributed by atoms with Crippen molar-refractivity contribution in [2.75, 3.05) is 40.1 Å². The molecule has 0 saturated heterocycles. The standard InChI is InChI=1S/C21H35N3O6S/c1-16(2)30-13-7-12-22-21(26)17(3)24(20(25)15-23(4)31(6,27)28)14-18-8-10-19(29-5)11-9-18/h8-11,16-17H,7,12-15H2,1-6H3,(H,22,26)/t17-/m1/s1. The first-order valence-corrected chi connectivity index (χ1v) is 12.0. The van der Waals surface area contributed by atoms with Crippen molar-refractivity contribution in [1.82, 2.24) is 14.5 Å². The van der Waals surface area contributed by atoms with Crippen molar-refractivity contribution in [2.45, 2.75) is 45.9 Å². The molecule has 0 radical (unpaired) electrons. The predicted molar refractivity (Wildman–Crippen MR) is 119 cm³/mol. The average molecular weight is 458 g/mol. The molecular formula is C21H35N3O6S. The number of nitrogens with one attached hydrogen (secondary N) is 1. The Morgan fingerprint density at radius 1 is 1.13 bits per heavy atom. The number of carbonyl (C=O) groups is 2. The van der Waals surface area contributed by atoms with Gasteiger partial charge in [-0.05, 0) is 44.9 Å². The number of hydrogen-bond donors (Lipinski definition) is 1. The van der Waals surface area contributed by atoms with Crippen LogP contribution in [0.2, 0.25) is 0 Å². The van der Waals surface area contributed by atoms with Crippen molar-refractivity contribution < 1.29 is 27.5 Å². The highest BCUT2D eigenvalue weighted by atomic mass is 32.2. The van der Waals surface area contributed by atoms with Crippen molar-refractivity contribution >= 4 is 21.8 Å². The Labute approximate surface area is 185 Å². The zero-order valence-electron chi connectivity index (χ0n) is 19.3. The molecule has 0 saturated carbocycles. The van der Waals surface area contributed by atoms with Gasteiger partial charge in [0.25, 0.3) is 0 Å². The second kappa shape index (κ2) is 12.6. The Morgan fingerprint density at radius 3 is 2.26 bits per heavy atom. The van der Waals surface area contributed by atoms with E-state index in [2.05, 4.69) is 5.32 Å². The number of ether oxygens (including phenoxy) is 2. The third-order valence-electron chi connectivity index (χ3n) is 4.67. The van der Waals surface area contributed by atoms with E-state index in [-0.39, 0.29) is 25.1 Å². The zero-order chi connectivity index (χ0) is 23.6. The molecule has 1 aromatic rings. The van der Waals surface area contributed by atoms with Gasteiger partial charge in [0.05, 0.1) is 26.0 Å². The zero-order valence-corrected chi connectivity index (χ0v) is 20.1. The molecular weight excluding hydrogens is 422 g/mol. The van der Waals surface area contributed by atoms with Crippen LogP contribution in [-0.4, -0.2) is 81.7 Å². The number of methoxy groups -OCH3 is 1. The van der Waals surface area contributed by atoms with E-state index in [0.717, 1.165) is 16.1 Å². The molecule has 1 N–H and O–H groups in total. The molecule has 10 heteroatoms. The van der Waals surface area contributed by atoms with Gasteiger partial charge in [0.2, 0.25) is 21.8 Å². The van der Waals surface area contributed by atoms with Gasteiger partial charge in [0, 0.05) is 26.7 Å². The minimum Gasteiger partial charge on any atom is -0.497 e. The van der Waals surface area contributed by atoms with Crippen LogP contribution in [0.4, 0.5) is 0 Å². The highest BCUT2D eigenvalue weighted by Crippen LogP contribution is 2.15. The Balaban J connectivity index is 2.88. The molecule has 0 aliphatic rings. The molecule has 2 amide bonds. The SMILES string of the molecule is COc1ccc(CN(C(=O)CN(C)S(C)(=O)=O)[C@H](C)C(=O)NCCCOC(C)C)cc1. The summed E-state index contributed by atoms with van der Waals surface area (Å²) in [6.45, 7) is 6.26. The summed E-state index contributed by atoms with van der Waals surface area (Å²) in [5.41, 5.74) is 0.793. The van der Waals surface area contributed by atoms with Gasteiger partial charge in [0.1, 0.15) is 11.8 Å². The Hall–Kier alpha value is -2.17. The molecule has 1 rings (SSSR count). The summed E-state index contributed by atoms with van der Waals surface area (Å²) in [4.78, 5) is 27.0. The predicted octanol–water partition coefficient (Wildman–Crippen LogP) is 1.24. The second-order valence-corrected chi connectivity index (χ2v) is 9.72. The fourth-order valence-electron chi connectivity index (χ4n) is 2.66. The van der Waals surface area contributed by atoms with Gasteiger partial charge < -0.3 is 19.7 Å². The van der Waals surface area contributed by atoms with E-state index >= 15 is 0 Å². The molecule has 9 nitrogen and oxygen atoms in total. The van der Waals surface area contributed by atoms with Crippen LogP contribution in [0.5, 0.6) is 5.75 Å². The molecule has 0 spiro atoms. The molecule has 1 aromatic carbocycles. The molecule has 0 bridgehead atoms. The first kappa shape index (κ1) is 26.9. The average Bonchev–Trinajstić information content (AvgIpc) is 2.70. The molecule has 1 atom stereocenters. The Bertz CT molecular complexity index is 811. The lowest BCUT2D eigenvalue weighted by molar-refractivity contribution is -0.140. The highest BCUT2D eigenvalue weighted by Gasteiger charge is 2.28. The van der Waals surface area contributed by atoms with Crippen LogP contribution >= 0.6 is 0 Å². The molecule has 176 valence electrons. The summed E-state index contributed by atoms with van der Waals surface area (Å²) in [6, 6.07) is 6.34. The lowest BCUT2D eigenvalue weighted by Gasteiger charge is -2.30. The fourth-order valence-corrected chi connectivity index (χ4v) is 3.00. The van der Waals surface area contributed by atoms with Crippen molar-refractivity contribution in [3.8, 4) is 5.75 Å².